The Hall–Kier alpha value is -2.71. The van der Waals surface area contributed by atoms with E-state index in [9.17, 15) is 4.79 Å². The van der Waals surface area contributed by atoms with Gasteiger partial charge < -0.3 is 4.74 Å². The quantitative estimate of drug-likeness (QED) is 0.461. The fourth-order valence-electron chi connectivity index (χ4n) is 3.02. The van der Waals surface area contributed by atoms with Crippen LogP contribution in [0.2, 0.25) is 0 Å². The lowest BCUT2D eigenvalue weighted by Gasteiger charge is -2.28. The van der Waals surface area contributed by atoms with Crippen LogP contribution in [0.1, 0.15) is 22.9 Å². The Morgan fingerprint density at radius 2 is 2.14 bits per heavy atom. The molecule has 1 amide bonds. The molecule has 142 valence electrons. The number of fused-ring (bicyclic) bond motifs is 3. The van der Waals surface area contributed by atoms with E-state index in [-0.39, 0.29) is 5.91 Å². The van der Waals surface area contributed by atoms with Gasteiger partial charge in [0.05, 0.1) is 10.6 Å². The first-order chi connectivity index (χ1) is 13.6. The Bertz CT molecular complexity index is 1050. The first-order valence-electron chi connectivity index (χ1n) is 8.69. The largest absolute Gasteiger partial charge is 0.446 e. The summed E-state index contributed by atoms with van der Waals surface area (Å²) in [6, 6.07) is 11.6. The second-order valence-electron chi connectivity index (χ2n) is 6.17. The number of benzene rings is 1. The van der Waals surface area contributed by atoms with E-state index in [1.165, 1.54) is 18.7 Å². The van der Waals surface area contributed by atoms with Gasteiger partial charge in [-0.1, -0.05) is 36.0 Å². The summed E-state index contributed by atoms with van der Waals surface area (Å²) in [4.78, 5) is 20.9. The van der Waals surface area contributed by atoms with Crippen molar-refractivity contribution < 1.29 is 9.53 Å². The van der Waals surface area contributed by atoms with Gasteiger partial charge in [0.1, 0.15) is 0 Å². The van der Waals surface area contributed by atoms with Gasteiger partial charge in [-0.25, -0.2) is 0 Å². The standard InChI is InChI=1S/C20H18N4O2S2/c1-4-11-27-20-21-18-17(22-23-20)14-7-5-6-8-15(14)24(13(3)25)19(26-18)16-10-9-12(2)28-16/h4-10,19H,1,11H2,2-3H3/t19-/m0/s1. The number of rotatable bonds is 4. The first-order valence-corrected chi connectivity index (χ1v) is 10.5. The van der Waals surface area contributed by atoms with Crippen LogP contribution in [0, 0.1) is 6.92 Å². The molecule has 0 N–H and O–H groups in total. The molecule has 1 aromatic carbocycles. The number of anilines is 1. The Balaban J connectivity index is 1.91. The van der Waals surface area contributed by atoms with Gasteiger partial charge in [-0.3, -0.25) is 9.69 Å². The van der Waals surface area contributed by atoms with Gasteiger partial charge in [-0.2, -0.15) is 4.98 Å². The summed E-state index contributed by atoms with van der Waals surface area (Å²) in [6.07, 6.45) is 1.16. The molecule has 4 rings (SSSR count). The average Bonchev–Trinajstić information content (AvgIpc) is 3.06. The van der Waals surface area contributed by atoms with Crippen LogP contribution >= 0.6 is 23.1 Å². The van der Waals surface area contributed by atoms with Crippen molar-refractivity contribution in [1.82, 2.24) is 15.2 Å². The van der Waals surface area contributed by atoms with Gasteiger partial charge in [0.25, 0.3) is 0 Å². The summed E-state index contributed by atoms with van der Waals surface area (Å²) >= 11 is 3.02. The average molecular weight is 411 g/mol. The first kappa shape index (κ1) is 18.6. The SMILES string of the molecule is C=CCSc1nnc2c(n1)O[C@@H](c1ccc(C)s1)N(C(C)=O)c1ccccc1-2. The number of thioether (sulfide) groups is 1. The molecule has 8 heteroatoms. The molecule has 3 aromatic rings. The number of ether oxygens (including phenoxy) is 1. The van der Waals surface area contributed by atoms with Crippen molar-refractivity contribution in [1.29, 1.82) is 0 Å². The van der Waals surface area contributed by atoms with E-state index in [2.05, 4.69) is 21.8 Å². The summed E-state index contributed by atoms with van der Waals surface area (Å²) in [5.74, 6) is 0.920. The normalized spacial score (nSPS) is 15.2. The lowest BCUT2D eigenvalue weighted by Crippen LogP contribution is -2.35. The van der Waals surface area contributed by atoms with Crippen molar-refractivity contribution in [2.45, 2.75) is 25.2 Å². The molecule has 0 spiro atoms. The lowest BCUT2D eigenvalue weighted by molar-refractivity contribution is -0.118. The Morgan fingerprint density at radius 1 is 1.32 bits per heavy atom. The zero-order valence-electron chi connectivity index (χ0n) is 15.5. The van der Waals surface area contributed by atoms with E-state index < -0.39 is 6.23 Å². The van der Waals surface area contributed by atoms with Crippen molar-refractivity contribution >= 4 is 34.7 Å². The van der Waals surface area contributed by atoms with E-state index in [4.69, 9.17) is 4.74 Å². The number of para-hydroxylation sites is 1. The molecular weight excluding hydrogens is 392 g/mol. The van der Waals surface area contributed by atoms with Crippen LogP contribution in [0.25, 0.3) is 11.3 Å². The van der Waals surface area contributed by atoms with E-state index in [0.717, 1.165) is 21.0 Å². The number of carbonyl (C=O) groups is 1. The van der Waals surface area contributed by atoms with Crippen LogP contribution in [0.15, 0.2) is 54.2 Å². The molecule has 0 aliphatic carbocycles. The van der Waals surface area contributed by atoms with Gasteiger partial charge in [-0.05, 0) is 25.1 Å². The van der Waals surface area contributed by atoms with Crippen LogP contribution in [0.3, 0.4) is 0 Å². The number of aromatic nitrogens is 3. The van der Waals surface area contributed by atoms with Crippen molar-refractivity contribution in [3.05, 3.63) is 58.8 Å². The summed E-state index contributed by atoms with van der Waals surface area (Å²) < 4.78 is 6.30. The monoisotopic (exact) mass is 410 g/mol. The molecule has 0 unspecified atom stereocenters. The van der Waals surface area contributed by atoms with E-state index >= 15 is 0 Å². The molecule has 0 bridgehead atoms. The minimum absolute atomic E-state index is 0.120. The van der Waals surface area contributed by atoms with Gasteiger partial charge in [0.15, 0.2) is 5.69 Å². The minimum atomic E-state index is -0.618. The van der Waals surface area contributed by atoms with Crippen LogP contribution in [0.5, 0.6) is 5.88 Å². The van der Waals surface area contributed by atoms with E-state index in [1.807, 2.05) is 43.3 Å². The zero-order valence-corrected chi connectivity index (χ0v) is 17.1. The molecule has 1 atom stereocenters. The van der Waals surface area contributed by atoms with Gasteiger partial charge in [0.2, 0.25) is 23.2 Å². The third-order valence-corrected chi connectivity index (χ3v) is 6.05. The Morgan fingerprint density at radius 3 is 2.86 bits per heavy atom. The lowest BCUT2D eigenvalue weighted by atomic mass is 10.1. The van der Waals surface area contributed by atoms with Gasteiger partial charge >= 0.3 is 0 Å². The maximum absolute atomic E-state index is 12.6. The van der Waals surface area contributed by atoms with Crippen LogP contribution in [0.4, 0.5) is 5.69 Å². The summed E-state index contributed by atoms with van der Waals surface area (Å²) in [7, 11) is 0. The highest BCUT2D eigenvalue weighted by atomic mass is 32.2. The van der Waals surface area contributed by atoms with E-state index in [0.29, 0.717) is 22.5 Å². The maximum Gasteiger partial charge on any atom is 0.247 e. The van der Waals surface area contributed by atoms with Gasteiger partial charge in [-0.15, -0.1) is 28.1 Å². The van der Waals surface area contributed by atoms with Crippen molar-refractivity contribution in [3.63, 3.8) is 0 Å². The highest BCUT2D eigenvalue weighted by Gasteiger charge is 2.35. The number of hydrogen-bond donors (Lipinski definition) is 0. The molecular formula is C20H18N4O2S2. The molecule has 0 fully saturated rings. The van der Waals surface area contributed by atoms with Crippen molar-refractivity contribution in [3.8, 4) is 17.1 Å². The number of aryl methyl sites for hydroxylation is 1. The fourth-order valence-corrected chi connectivity index (χ4v) is 4.43. The summed E-state index contributed by atoms with van der Waals surface area (Å²) in [5, 5.41) is 9.10. The zero-order chi connectivity index (χ0) is 19.7. The van der Waals surface area contributed by atoms with Crippen molar-refractivity contribution in [2.75, 3.05) is 10.7 Å². The number of hydrogen-bond acceptors (Lipinski definition) is 7. The molecule has 28 heavy (non-hydrogen) atoms. The molecule has 6 nitrogen and oxygen atoms in total. The van der Waals surface area contributed by atoms with Crippen LogP contribution in [-0.4, -0.2) is 26.8 Å². The van der Waals surface area contributed by atoms with Crippen LogP contribution in [-0.2, 0) is 4.79 Å². The third-order valence-electron chi connectivity index (χ3n) is 4.19. The number of carbonyl (C=O) groups excluding carboxylic acids is 1. The Kier molecular flexibility index (Phi) is 5.15. The molecule has 3 heterocycles. The molecule has 0 radical (unpaired) electrons. The number of thiophene rings is 1. The highest BCUT2D eigenvalue weighted by Crippen LogP contribution is 2.44. The predicted octanol–water partition coefficient (Wildman–Crippen LogP) is 4.63. The third kappa shape index (κ3) is 3.41. The number of amides is 1. The second kappa shape index (κ2) is 7.73. The molecule has 0 saturated carbocycles. The topological polar surface area (TPSA) is 68.2 Å². The summed E-state index contributed by atoms with van der Waals surface area (Å²) in [6.45, 7) is 7.28. The predicted molar refractivity (Wildman–Crippen MR) is 112 cm³/mol. The number of nitrogens with zero attached hydrogens (tertiary/aromatic N) is 4. The molecule has 1 aliphatic rings. The van der Waals surface area contributed by atoms with Gasteiger partial charge in [0, 0.05) is 23.1 Å². The maximum atomic E-state index is 12.6. The van der Waals surface area contributed by atoms with Crippen LogP contribution < -0.4 is 9.64 Å². The van der Waals surface area contributed by atoms with E-state index in [1.54, 1.807) is 22.3 Å². The molecule has 2 aromatic heterocycles. The highest BCUT2D eigenvalue weighted by molar-refractivity contribution is 7.99. The minimum Gasteiger partial charge on any atom is -0.446 e. The van der Waals surface area contributed by atoms with Crippen molar-refractivity contribution in [2.24, 2.45) is 0 Å². The summed E-state index contributed by atoms with van der Waals surface area (Å²) in [5.41, 5.74) is 2.02. The fraction of sp³-hybridized carbons (Fsp3) is 0.200. The molecule has 1 aliphatic heterocycles. The smallest absolute Gasteiger partial charge is 0.247 e. The molecule has 0 saturated heterocycles. The second-order valence-corrected chi connectivity index (χ2v) is 8.48. The Labute approximate surface area is 171 Å².